The number of hydrogen-bond donors (Lipinski definition) is 1. The summed E-state index contributed by atoms with van der Waals surface area (Å²) in [7, 11) is 0. The molecular weight excluding hydrogens is 208 g/mol. The minimum atomic E-state index is 0.680. The standard InChI is InChI=1S/C15H34N2/c1-7-15(8-2)12-17(10-4)14(6)13(5)11-16-9-3/h13-16H,7-12H2,1-6H3. The molecule has 0 fully saturated rings. The van der Waals surface area contributed by atoms with Crippen molar-refractivity contribution >= 4 is 0 Å². The van der Waals surface area contributed by atoms with Crippen LogP contribution in [0.15, 0.2) is 0 Å². The Kier molecular flexibility index (Phi) is 9.85. The Labute approximate surface area is 109 Å². The van der Waals surface area contributed by atoms with Gasteiger partial charge in [-0.25, -0.2) is 0 Å². The van der Waals surface area contributed by atoms with Crippen LogP contribution in [0.2, 0.25) is 0 Å². The third kappa shape index (κ3) is 6.42. The zero-order chi connectivity index (χ0) is 13.3. The van der Waals surface area contributed by atoms with Gasteiger partial charge in [-0.3, -0.25) is 0 Å². The molecule has 1 N–H and O–H groups in total. The summed E-state index contributed by atoms with van der Waals surface area (Å²) in [4.78, 5) is 2.65. The van der Waals surface area contributed by atoms with Crippen LogP contribution < -0.4 is 5.32 Å². The van der Waals surface area contributed by atoms with Gasteiger partial charge in [0.05, 0.1) is 0 Å². The van der Waals surface area contributed by atoms with E-state index in [2.05, 4.69) is 51.8 Å². The zero-order valence-electron chi connectivity index (χ0n) is 12.9. The number of rotatable bonds is 10. The van der Waals surface area contributed by atoms with Crippen molar-refractivity contribution in [2.75, 3.05) is 26.2 Å². The molecule has 0 aliphatic heterocycles. The normalized spacial score (nSPS) is 15.5. The first-order valence-electron chi connectivity index (χ1n) is 7.55. The maximum Gasteiger partial charge on any atom is 0.0105 e. The Morgan fingerprint density at radius 3 is 2.00 bits per heavy atom. The second-order valence-electron chi connectivity index (χ2n) is 5.30. The van der Waals surface area contributed by atoms with Gasteiger partial charge in [0.25, 0.3) is 0 Å². The van der Waals surface area contributed by atoms with Gasteiger partial charge in [0.15, 0.2) is 0 Å². The van der Waals surface area contributed by atoms with Gasteiger partial charge in [-0.1, -0.05) is 47.5 Å². The lowest BCUT2D eigenvalue weighted by Gasteiger charge is -2.34. The van der Waals surface area contributed by atoms with E-state index in [0.29, 0.717) is 6.04 Å². The SMILES string of the molecule is CCNCC(C)C(C)N(CC)CC(CC)CC. The molecule has 0 saturated carbocycles. The van der Waals surface area contributed by atoms with Crippen LogP contribution in [0.3, 0.4) is 0 Å². The zero-order valence-corrected chi connectivity index (χ0v) is 12.9. The third-order valence-corrected chi connectivity index (χ3v) is 4.17. The molecule has 0 radical (unpaired) electrons. The molecule has 0 saturated heterocycles. The van der Waals surface area contributed by atoms with Crippen molar-refractivity contribution in [3.05, 3.63) is 0 Å². The van der Waals surface area contributed by atoms with E-state index < -0.39 is 0 Å². The van der Waals surface area contributed by atoms with Crippen molar-refractivity contribution in [2.24, 2.45) is 11.8 Å². The molecule has 0 aliphatic carbocycles. The highest BCUT2D eigenvalue weighted by Gasteiger charge is 2.20. The summed E-state index contributed by atoms with van der Waals surface area (Å²) in [6, 6.07) is 0.680. The highest BCUT2D eigenvalue weighted by Crippen LogP contribution is 2.16. The summed E-state index contributed by atoms with van der Waals surface area (Å²) < 4.78 is 0. The highest BCUT2D eigenvalue weighted by molar-refractivity contribution is 4.75. The van der Waals surface area contributed by atoms with E-state index in [4.69, 9.17) is 0 Å². The second kappa shape index (κ2) is 9.90. The van der Waals surface area contributed by atoms with Gasteiger partial charge in [-0.05, 0) is 38.4 Å². The van der Waals surface area contributed by atoms with E-state index in [1.807, 2.05) is 0 Å². The Hall–Kier alpha value is -0.0800. The topological polar surface area (TPSA) is 15.3 Å². The Morgan fingerprint density at radius 2 is 1.59 bits per heavy atom. The molecule has 0 rings (SSSR count). The molecular formula is C15H34N2. The summed E-state index contributed by atoms with van der Waals surface area (Å²) in [5.74, 6) is 1.59. The highest BCUT2D eigenvalue weighted by atomic mass is 15.2. The van der Waals surface area contributed by atoms with E-state index in [-0.39, 0.29) is 0 Å². The van der Waals surface area contributed by atoms with Gasteiger partial charge >= 0.3 is 0 Å². The van der Waals surface area contributed by atoms with Crippen LogP contribution in [0.1, 0.15) is 54.4 Å². The van der Waals surface area contributed by atoms with Crippen LogP contribution in [-0.4, -0.2) is 37.1 Å². The van der Waals surface area contributed by atoms with E-state index in [0.717, 1.165) is 24.9 Å². The first kappa shape index (κ1) is 16.9. The van der Waals surface area contributed by atoms with Crippen molar-refractivity contribution in [1.29, 1.82) is 0 Å². The quantitative estimate of drug-likeness (QED) is 0.632. The fourth-order valence-corrected chi connectivity index (χ4v) is 2.36. The third-order valence-electron chi connectivity index (χ3n) is 4.17. The Bertz CT molecular complexity index is 166. The fraction of sp³-hybridized carbons (Fsp3) is 1.00. The summed E-state index contributed by atoms with van der Waals surface area (Å²) >= 11 is 0. The fourth-order valence-electron chi connectivity index (χ4n) is 2.36. The minimum absolute atomic E-state index is 0.680. The van der Waals surface area contributed by atoms with Gasteiger partial charge in [-0.15, -0.1) is 0 Å². The van der Waals surface area contributed by atoms with Crippen LogP contribution in [-0.2, 0) is 0 Å². The van der Waals surface area contributed by atoms with E-state index in [9.17, 15) is 0 Å². The van der Waals surface area contributed by atoms with Crippen molar-refractivity contribution in [1.82, 2.24) is 10.2 Å². The van der Waals surface area contributed by atoms with Crippen LogP contribution in [0, 0.1) is 11.8 Å². The maximum atomic E-state index is 3.46. The van der Waals surface area contributed by atoms with Crippen LogP contribution in [0.25, 0.3) is 0 Å². The summed E-state index contributed by atoms with van der Waals surface area (Å²) in [6.45, 7) is 18.5. The second-order valence-corrected chi connectivity index (χ2v) is 5.30. The van der Waals surface area contributed by atoms with Crippen molar-refractivity contribution < 1.29 is 0 Å². The summed E-state index contributed by atoms with van der Waals surface area (Å²) in [5.41, 5.74) is 0. The van der Waals surface area contributed by atoms with Crippen LogP contribution in [0.5, 0.6) is 0 Å². The summed E-state index contributed by atoms with van der Waals surface area (Å²) in [6.07, 6.45) is 2.61. The molecule has 2 unspecified atom stereocenters. The van der Waals surface area contributed by atoms with Gasteiger partial charge in [-0.2, -0.15) is 0 Å². The van der Waals surface area contributed by atoms with Crippen LogP contribution in [0.4, 0.5) is 0 Å². The van der Waals surface area contributed by atoms with E-state index in [1.54, 1.807) is 0 Å². The van der Waals surface area contributed by atoms with Crippen LogP contribution >= 0.6 is 0 Å². The lowest BCUT2D eigenvalue weighted by molar-refractivity contribution is 0.140. The molecule has 0 aromatic rings. The molecule has 0 bridgehead atoms. The monoisotopic (exact) mass is 242 g/mol. The van der Waals surface area contributed by atoms with Gasteiger partial charge in [0.1, 0.15) is 0 Å². The van der Waals surface area contributed by atoms with Crippen molar-refractivity contribution in [3.63, 3.8) is 0 Å². The number of nitrogens with one attached hydrogen (secondary N) is 1. The molecule has 0 aromatic carbocycles. The van der Waals surface area contributed by atoms with Gasteiger partial charge in [0, 0.05) is 12.6 Å². The van der Waals surface area contributed by atoms with E-state index in [1.165, 1.54) is 25.9 Å². The van der Waals surface area contributed by atoms with Crippen molar-refractivity contribution in [3.8, 4) is 0 Å². The maximum absolute atomic E-state index is 3.46. The number of nitrogens with zero attached hydrogens (tertiary/aromatic N) is 1. The minimum Gasteiger partial charge on any atom is -0.317 e. The molecule has 2 nitrogen and oxygen atoms in total. The first-order valence-corrected chi connectivity index (χ1v) is 7.55. The lowest BCUT2D eigenvalue weighted by atomic mass is 9.98. The molecule has 0 aromatic heterocycles. The molecule has 0 amide bonds. The van der Waals surface area contributed by atoms with E-state index >= 15 is 0 Å². The molecule has 17 heavy (non-hydrogen) atoms. The average molecular weight is 242 g/mol. The molecule has 104 valence electrons. The largest absolute Gasteiger partial charge is 0.317 e. The Balaban J connectivity index is 4.22. The van der Waals surface area contributed by atoms with Gasteiger partial charge in [0.2, 0.25) is 0 Å². The number of hydrogen-bond acceptors (Lipinski definition) is 2. The molecule has 0 aliphatic rings. The predicted molar refractivity (Wildman–Crippen MR) is 78.5 cm³/mol. The van der Waals surface area contributed by atoms with Crippen molar-refractivity contribution in [2.45, 2.75) is 60.4 Å². The lowest BCUT2D eigenvalue weighted by Crippen LogP contribution is -2.43. The molecule has 2 heteroatoms. The smallest absolute Gasteiger partial charge is 0.0105 e. The summed E-state index contributed by atoms with van der Waals surface area (Å²) in [5, 5.41) is 3.46. The molecule has 0 heterocycles. The average Bonchev–Trinajstić information content (AvgIpc) is 2.36. The Morgan fingerprint density at radius 1 is 1.00 bits per heavy atom. The first-order chi connectivity index (χ1) is 8.10. The van der Waals surface area contributed by atoms with Gasteiger partial charge < -0.3 is 10.2 Å². The predicted octanol–water partition coefficient (Wildman–Crippen LogP) is 3.38. The molecule has 0 spiro atoms. The molecule has 2 atom stereocenters.